The first kappa shape index (κ1) is 17.7. The minimum atomic E-state index is -2.55. The molecule has 0 aliphatic heterocycles. The third kappa shape index (κ3) is 3.19. The van der Waals surface area contributed by atoms with Crippen LogP contribution in [0.1, 0.15) is 55.4 Å². The maximum atomic E-state index is 2.84. The SMILES string of the molecule is CC[N](C)[Sn]([CH](C)C)([N](CC)CC)[C](C)(C)C. The van der Waals surface area contributed by atoms with Crippen molar-refractivity contribution in [3.63, 3.8) is 0 Å². The number of hydrogen-bond acceptors (Lipinski definition) is 2. The van der Waals surface area contributed by atoms with Gasteiger partial charge < -0.3 is 0 Å². The van der Waals surface area contributed by atoms with Gasteiger partial charge in [0, 0.05) is 0 Å². The molecule has 0 bridgehead atoms. The van der Waals surface area contributed by atoms with Crippen LogP contribution in [-0.2, 0) is 0 Å². The first-order valence-corrected chi connectivity index (χ1v) is 12.8. The summed E-state index contributed by atoms with van der Waals surface area (Å²) in [5, 5.41) is 0. The van der Waals surface area contributed by atoms with E-state index >= 15 is 0 Å². The molecule has 0 spiro atoms. The molecule has 0 radical (unpaired) electrons. The summed E-state index contributed by atoms with van der Waals surface area (Å²) in [5.41, 5.74) is 0. The molecule has 0 fully saturated rings. The van der Waals surface area contributed by atoms with Crippen molar-refractivity contribution >= 4 is 18.9 Å². The predicted molar refractivity (Wildman–Crippen MR) is 81.8 cm³/mol. The summed E-state index contributed by atoms with van der Waals surface area (Å²) in [6.07, 6.45) is 0. The van der Waals surface area contributed by atoms with E-state index in [1.807, 2.05) is 0 Å². The Balaban J connectivity index is 5.73. The van der Waals surface area contributed by atoms with E-state index in [0.717, 1.165) is 3.93 Å². The molecule has 2 nitrogen and oxygen atoms in total. The van der Waals surface area contributed by atoms with Crippen LogP contribution in [0.25, 0.3) is 0 Å². The molecule has 0 amide bonds. The van der Waals surface area contributed by atoms with Crippen LogP contribution in [0.5, 0.6) is 0 Å². The molecular formula is C14H34N2Sn. The number of hydrogen-bond donors (Lipinski definition) is 0. The van der Waals surface area contributed by atoms with Gasteiger partial charge in [-0.05, 0) is 0 Å². The molecule has 0 N–H and O–H groups in total. The van der Waals surface area contributed by atoms with Crippen molar-refractivity contribution in [1.29, 1.82) is 0 Å². The van der Waals surface area contributed by atoms with Crippen LogP contribution in [0.15, 0.2) is 0 Å². The Kier molecular flexibility index (Phi) is 7.05. The van der Waals surface area contributed by atoms with Crippen molar-refractivity contribution in [2.24, 2.45) is 0 Å². The van der Waals surface area contributed by atoms with Crippen LogP contribution in [-0.4, -0.2) is 51.8 Å². The second-order valence-corrected chi connectivity index (χ2v) is 22.0. The third-order valence-corrected chi connectivity index (χ3v) is 23.9. The molecule has 1 atom stereocenters. The van der Waals surface area contributed by atoms with Crippen molar-refractivity contribution < 1.29 is 0 Å². The molecule has 0 aromatic rings. The van der Waals surface area contributed by atoms with E-state index in [4.69, 9.17) is 0 Å². The molecule has 3 heteroatoms. The van der Waals surface area contributed by atoms with E-state index in [-0.39, 0.29) is 0 Å². The first-order chi connectivity index (χ1) is 7.69. The molecule has 0 aliphatic carbocycles. The Morgan fingerprint density at radius 1 is 0.941 bits per heavy atom. The zero-order valence-electron chi connectivity index (χ0n) is 13.6. The van der Waals surface area contributed by atoms with E-state index in [2.05, 4.69) is 68.7 Å². The van der Waals surface area contributed by atoms with Gasteiger partial charge in [-0.15, -0.1) is 0 Å². The molecule has 0 aromatic heterocycles. The molecule has 0 saturated carbocycles. The molecule has 0 saturated heterocycles. The molecule has 0 aliphatic rings. The van der Waals surface area contributed by atoms with Crippen LogP contribution < -0.4 is 0 Å². The zero-order chi connectivity index (χ0) is 13.9. The van der Waals surface area contributed by atoms with E-state index < -0.39 is 18.9 Å². The Labute approximate surface area is 114 Å². The van der Waals surface area contributed by atoms with E-state index in [1.54, 1.807) is 0 Å². The molecule has 17 heavy (non-hydrogen) atoms. The first-order valence-electron chi connectivity index (χ1n) is 7.16. The van der Waals surface area contributed by atoms with E-state index in [9.17, 15) is 0 Å². The summed E-state index contributed by atoms with van der Waals surface area (Å²) in [6.45, 7) is 22.8. The van der Waals surface area contributed by atoms with Crippen LogP contribution in [0.3, 0.4) is 0 Å². The minimum absolute atomic E-state index is 0.444. The zero-order valence-corrected chi connectivity index (χ0v) is 16.4. The Morgan fingerprint density at radius 2 is 1.35 bits per heavy atom. The average Bonchev–Trinajstić information content (AvgIpc) is 2.22. The number of rotatable bonds is 6. The summed E-state index contributed by atoms with van der Waals surface area (Å²) in [4.78, 5) is 0. The van der Waals surface area contributed by atoms with Crippen LogP contribution in [0.4, 0.5) is 0 Å². The quantitative estimate of drug-likeness (QED) is 0.671. The second-order valence-electron chi connectivity index (χ2n) is 6.32. The van der Waals surface area contributed by atoms with Crippen LogP contribution in [0.2, 0.25) is 7.36 Å². The fourth-order valence-corrected chi connectivity index (χ4v) is 24.9. The summed E-state index contributed by atoms with van der Waals surface area (Å²) in [6, 6.07) is 0. The average molecular weight is 349 g/mol. The van der Waals surface area contributed by atoms with Gasteiger partial charge in [-0.25, -0.2) is 0 Å². The Morgan fingerprint density at radius 3 is 1.53 bits per heavy atom. The summed E-state index contributed by atoms with van der Waals surface area (Å²) < 4.78 is 6.84. The van der Waals surface area contributed by atoms with Crippen molar-refractivity contribution in [3.05, 3.63) is 0 Å². The van der Waals surface area contributed by atoms with Crippen molar-refractivity contribution in [2.45, 2.75) is 62.8 Å². The van der Waals surface area contributed by atoms with Gasteiger partial charge >= 0.3 is 115 Å². The monoisotopic (exact) mass is 350 g/mol. The van der Waals surface area contributed by atoms with E-state index in [0.29, 0.717) is 3.43 Å². The van der Waals surface area contributed by atoms with Gasteiger partial charge in [-0.2, -0.15) is 0 Å². The molecule has 0 heterocycles. The normalized spacial score (nSPS) is 16.9. The Hall–Kier alpha value is 0.719. The fourth-order valence-electron chi connectivity index (χ4n) is 3.91. The van der Waals surface area contributed by atoms with Gasteiger partial charge in [-0.3, -0.25) is 0 Å². The van der Waals surface area contributed by atoms with Crippen molar-refractivity contribution in [2.75, 3.05) is 26.7 Å². The fraction of sp³-hybridized carbons (Fsp3) is 1.00. The van der Waals surface area contributed by atoms with E-state index in [1.165, 1.54) is 19.6 Å². The Bertz CT molecular complexity index is 219. The van der Waals surface area contributed by atoms with Crippen LogP contribution >= 0.6 is 0 Å². The summed E-state index contributed by atoms with van der Waals surface area (Å²) in [5.74, 6) is 0. The van der Waals surface area contributed by atoms with Gasteiger partial charge in [0.15, 0.2) is 0 Å². The summed E-state index contributed by atoms with van der Waals surface area (Å²) >= 11 is -2.55. The molecule has 0 rings (SSSR count). The molecular weight excluding hydrogens is 315 g/mol. The third-order valence-electron chi connectivity index (χ3n) is 4.21. The van der Waals surface area contributed by atoms with Crippen molar-refractivity contribution in [1.82, 2.24) is 6.24 Å². The molecule has 0 aromatic carbocycles. The standard InChI is InChI=1S/C4H10N.C4H9.C3H8N.C3H7.Sn/c1-3-5-4-2;1-4(2)3;1-3-4-2;1-3-2;/h3-4H2,1-2H3;1-3H3;3H2,1-2H3;3H,1-2H3;/q-1;;-1;;+2. The van der Waals surface area contributed by atoms with Crippen molar-refractivity contribution in [3.8, 4) is 0 Å². The number of nitrogens with zero attached hydrogens (tertiary/aromatic N) is 2. The topological polar surface area (TPSA) is 6.48 Å². The summed E-state index contributed by atoms with van der Waals surface area (Å²) in [7, 11) is 2.36. The van der Waals surface area contributed by atoms with Gasteiger partial charge in [0.05, 0.1) is 0 Å². The predicted octanol–water partition coefficient (Wildman–Crippen LogP) is 3.93. The van der Waals surface area contributed by atoms with Crippen LogP contribution in [0, 0.1) is 0 Å². The van der Waals surface area contributed by atoms with Gasteiger partial charge in [0.25, 0.3) is 0 Å². The molecule has 1 unspecified atom stereocenters. The van der Waals surface area contributed by atoms with Gasteiger partial charge in [0.2, 0.25) is 0 Å². The second kappa shape index (κ2) is 6.76. The maximum absolute atomic E-state index is 2.84. The van der Waals surface area contributed by atoms with Gasteiger partial charge in [0.1, 0.15) is 0 Å². The molecule has 104 valence electrons. The van der Waals surface area contributed by atoms with Gasteiger partial charge in [-0.1, -0.05) is 0 Å².